The summed E-state index contributed by atoms with van der Waals surface area (Å²) >= 11 is 6.11. The van der Waals surface area contributed by atoms with Crippen LogP contribution in [0.25, 0.3) is 0 Å². The molecule has 0 aromatic heterocycles. The smallest absolute Gasteiger partial charge is 0.224 e. The summed E-state index contributed by atoms with van der Waals surface area (Å²) in [7, 11) is 0. The maximum absolute atomic E-state index is 12.0. The van der Waals surface area contributed by atoms with Crippen molar-refractivity contribution in [2.24, 2.45) is 5.92 Å². The van der Waals surface area contributed by atoms with Gasteiger partial charge in [-0.2, -0.15) is 0 Å². The van der Waals surface area contributed by atoms with Gasteiger partial charge in [-0.25, -0.2) is 0 Å². The average molecular weight is 266 g/mol. The van der Waals surface area contributed by atoms with Crippen molar-refractivity contribution in [2.45, 2.75) is 44.4 Å². The number of amides is 1. The van der Waals surface area contributed by atoms with Gasteiger partial charge < -0.3 is 5.32 Å². The maximum atomic E-state index is 12.0. The molecule has 3 heteroatoms. The minimum absolute atomic E-state index is 0.0898. The highest BCUT2D eigenvalue weighted by molar-refractivity contribution is 6.21. The summed E-state index contributed by atoms with van der Waals surface area (Å²) in [5, 5.41) is 2.91. The Labute approximate surface area is 114 Å². The van der Waals surface area contributed by atoms with E-state index in [0.29, 0.717) is 12.3 Å². The zero-order chi connectivity index (χ0) is 13.0. The number of carbonyl (C=O) groups is 1. The molecule has 1 N–H and O–H groups in total. The molecule has 2 nitrogen and oxygen atoms in total. The highest BCUT2D eigenvalue weighted by Crippen LogP contribution is 2.30. The molecule has 1 amide bonds. The zero-order valence-electron chi connectivity index (χ0n) is 10.8. The Morgan fingerprint density at radius 2 is 2.06 bits per heavy atom. The Morgan fingerprint density at radius 3 is 2.72 bits per heavy atom. The van der Waals surface area contributed by atoms with Crippen LogP contribution in [0.1, 0.15) is 50.0 Å². The van der Waals surface area contributed by atoms with E-state index in [2.05, 4.69) is 5.32 Å². The number of benzene rings is 1. The molecule has 98 valence electrons. The van der Waals surface area contributed by atoms with Crippen molar-refractivity contribution < 1.29 is 4.79 Å². The number of halogens is 1. The largest absolute Gasteiger partial charge is 0.326 e. The molecule has 1 fully saturated rings. The fourth-order valence-electron chi connectivity index (χ4n) is 2.64. The van der Waals surface area contributed by atoms with Crippen LogP contribution in [-0.4, -0.2) is 5.91 Å². The second-order valence-corrected chi connectivity index (χ2v) is 5.76. The Morgan fingerprint density at radius 1 is 1.39 bits per heavy atom. The predicted octanol–water partition coefficient (Wildman–Crippen LogP) is 4.51. The van der Waals surface area contributed by atoms with Crippen LogP contribution >= 0.6 is 11.6 Å². The first-order valence-corrected chi connectivity index (χ1v) is 7.13. The van der Waals surface area contributed by atoms with Crippen LogP contribution in [0.2, 0.25) is 0 Å². The molecule has 18 heavy (non-hydrogen) atoms. The molecule has 1 unspecified atom stereocenters. The van der Waals surface area contributed by atoms with E-state index in [0.717, 1.165) is 11.3 Å². The van der Waals surface area contributed by atoms with Gasteiger partial charge in [0, 0.05) is 12.1 Å². The van der Waals surface area contributed by atoms with Crippen LogP contribution < -0.4 is 5.32 Å². The van der Waals surface area contributed by atoms with Crippen LogP contribution in [0.5, 0.6) is 0 Å². The topological polar surface area (TPSA) is 29.1 Å². The lowest BCUT2D eigenvalue weighted by Crippen LogP contribution is -2.16. The van der Waals surface area contributed by atoms with Gasteiger partial charge in [-0.3, -0.25) is 4.79 Å². The first kappa shape index (κ1) is 13.4. The fraction of sp³-hybridized carbons (Fsp3) is 0.533. The number of hydrogen-bond acceptors (Lipinski definition) is 1. The van der Waals surface area contributed by atoms with Crippen LogP contribution in [0.3, 0.4) is 0 Å². The van der Waals surface area contributed by atoms with E-state index in [1.54, 1.807) is 0 Å². The van der Waals surface area contributed by atoms with E-state index < -0.39 is 0 Å². The molecule has 0 heterocycles. The molecule has 0 bridgehead atoms. The molecular weight excluding hydrogens is 246 g/mol. The minimum atomic E-state index is -0.0898. The first-order chi connectivity index (χ1) is 8.66. The number of para-hydroxylation sites is 1. The normalized spacial score (nSPS) is 17.7. The van der Waals surface area contributed by atoms with Gasteiger partial charge in [-0.1, -0.05) is 31.0 Å². The van der Waals surface area contributed by atoms with E-state index in [1.807, 2.05) is 31.2 Å². The van der Waals surface area contributed by atoms with Crippen molar-refractivity contribution in [1.82, 2.24) is 0 Å². The van der Waals surface area contributed by atoms with Gasteiger partial charge in [0.05, 0.1) is 5.38 Å². The van der Waals surface area contributed by atoms with Gasteiger partial charge in [-0.05, 0) is 37.3 Å². The van der Waals surface area contributed by atoms with Gasteiger partial charge in [0.15, 0.2) is 0 Å². The van der Waals surface area contributed by atoms with Crippen molar-refractivity contribution in [3.63, 3.8) is 0 Å². The molecule has 0 saturated heterocycles. The third-order valence-corrected chi connectivity index (χ3v) is 3.85. The number of hydrogen-bond donors (Lipinski definition) is 1. The molecule has 1 aromatic carbocycles. The van der Waals surface area contributed by atoms with E-state index in [1.165, 1.54) is 25.7 Å². The van der Waals surface area contributed by atoms with Gasteiger partial charge >= 0.3 is 0 Å². The van der Waals surface area contributed by atoms with Crippen LogP contribution in [0.15, 0.2) is 24.3 Å². The van der Waals surface area contributed by atoms with Crippen molar-refractivity contribution in [3.8, 4) is 0 Å². The van der Waals surface area contributed by atoms with Crippen molar-refractivity contribution in [1.29, 1.82) is 0 Å². The summed E-state index contributed by atoms with van der Waals surface area (Å²) in [6.07, 6.45) is 5.58. The monoisotopic (exact) mass is 265 g/mol. The lowest BCUT2D eigenvalue weighted by Gasteiger charge is -2.14. The molecule has 1 aliphatic carbocycles. The molecular formula is C15H20ClNO. The summed E-state index contributed by atoms with van der Waals surface area (Å²) < 4.78 is 0. The van der Waals surface area contributed by atoms with Crippen molar-refractivity contribution >= 4 is 23.2 Å². The number of alkyl halides is 1. The SMILES string of the molecule is CC(Cl)c1ccccc1NC(=O)CC1CCCC1. The first-order valence-electron chi connectivity index (χ1n) is 6.69. The molecule has 0 aliphatic heterocycles. The lowest BCUT2D eigenvalue weighted by atomic mass is 10.0. The average Bonchev–Trinajstić information content (AvgIpc) is 2.82. The van der Waals surface area contributed by atoms with Gasteiger partial charge in [0.25, 0.3) is 0 Å². The number of nitrogens with one attached hydrogen (secondary N) is 1. The standard InChI is InChI=1S/C15H20ClNO/c1-11(16)13-8-4-5-9-14(13)17-15(18)10-12-6-2-3-7-12/h4-5,8-9,11-12H,2-3,6-7,10H2,1H3,(H,17,18). The summed E-state index contributed by atoms with van der Waals surface area (Å²) in [4.78, 5) is 12.0. The van der Waals surface area contributed by atoms with E-state index in [4.69, 9.17) is 11.6 Å². The maximum Gasteiger partial charge on any atom is 0.224 e. The molecule has 0 spiro atoms. The second kappa shape index (κ2) is 6.24. The molecule has 1 aliphatic rings. The summed E-state index contributed by atoms with van der Waals surface area (Å²) in [6.45, 7) is 1.92. The molecule has 0 radical (unpaired) electrons. The zero-order valence-corrected chi connectivity index (χ0v) is 11.5. The molecule has 1 atom stereocenters. The Kier molecular flexibility index (Phi) is 4.65. The minimum Gasteiger partial charge on any atom is -0.326 e. The highest BCUT2D eigenvalue weighted by atomic mass is 35.5. The number of anilines is 1. The lowest BCUT2D eigenvalue weighted by molar-refractivity contribution is -0.117. The highest BCUT2D eigenvalue weighted by Gasteiger charge is 2.19. The predicted molar refractivity (Wildman–Crippen MR) is 75.9 cm³/mol. The Hall–Kier alpha value is -1.02. The van der Waals surface area contributed by atoms with E-state index in [-0.39, 0.29) is 11.3 Å². The molecule has 1 aromatic rings. The summed E-state index contributed by atoms with van der Waals surface area (Å²) in [5.41, 5.74) is 1.84. The third-order valence-electron chi connectivity index (χ3n) is 3.61. The number of carbonyl (C=O) groups excluding carboxylic acids is 1. The fourth-order valence-corrected chi connectivity index (χ4v) is 2.83. The Bertz CT molecular complexity index is 411. The second-order valence-electron chi connectivity index (χ2n) is 5.11. The van der Waals surface area contributed by atoms with Gasteiger partial charge in [0.1, 0.15) is 0 Å². The van der Waals surface area contributed by atoms with E-state index in [9.17, 15) is 4.79 Å². The van der Waals surface area contributed by atoms with Crippen LogP contribution in [0.4, 0.5) is 5.69 Å². The van der Waals surface area contributed by atoms with Gasteiger partial charge in [-0.15, -0.1) is 11.6 Å². The Balaban J connectivity index is 1.97. The van der Waals surface area contributed by atoms with Gasteiger partial charge in [0.2, 0.25) is 5.91 Å². The third kappa shape index (κ3) is 3.49. The quantitative estimate of drug-likeness (QED) is 0.798. The van der Waals surface area contributed by atoms with Crippen LogP contribution in [-0.2, 0) is 4.79 Å². The number of rotatable bonds is 4. The van der Waals surface area contributed by atoms with Crippen molar-refractivity contribution in [2.75, 3.05) is 5.32 Å². The van der Waals surface area contributed by atoms with E-state index >= 15 is 0 Å². The van der Waals surface area contributed by atoms with Crippen LogP contribution in [0, 0.1) is 5.92 Å². The molecule has 2 rings (SSSR count). The molecule has 1 saturated carbocycles. The van der Waals surface area contributed by atoms with Crippen molar-refractivity contribution in [3.05, 3.63) is 29.8 Å². The summed E-state index contributed by atoms with van der Waals surface area (Å²) in [5.74, 6) is 0.692. The summed E-state index contributed by atoms with van der Waals surface area (Å²) in [6, 6.07) is 7.75.